The normalized spacial score (nSPS) is 16.5. The number of nitrogens with zero attached hydrogens (tertiary/aromatic N) is 2. The number of benzene rings is 2. The summed E-state index contributed by atoms with van der Waals surface area (Å²) in [6, 6.07) is 12.4. The van der Waals surface area contributed by atoms with Crippen LogP contribution in [0.5, 0.6) is 0 Å². The molecule has 7 heteroatoms. The van der Waals surface area contributed by atoms with Gasteiger partial charge in [0.15, 0.2) is 0 Å². The second-order valence-corrected chi connectivity index (χ2v) is 10.6. The van der Waals surface area contributed by atoms with Crippen LogP contribution >= 0.6 is 34.8 Å². The molecule has 1 aliphatic heterocycles. The second kappa shape index (κ2) is 12.4. The van der Waals surface area contributed by atoms with E-state index < -0.39 is 0 Å². The molecule has 0 amide bonds. The van der Waals surface area contributed by atoms with Crippen LogP contribution in [0.25, 0.3) is 0 Å². The maximum Gasteiger partial charge on any atom is 0.0639 e. The van der Waals surface area contributed by atoms with Crippen molar-refractivity contribution in [3.63, 3.8) is 0 Å². The Labute approximate surface area is 220 Å². The fourth-order valence-electron chi connectivity index (χ4n) is 4.65. The lowest BCUT2D eigenvalue weighted by atomic mass is 9.99. The minimum absolute atomic E-state index is 0.00913. The molecule has 2 aromatic carbocycles. The second-order valence-electron chi connectivity index (χ2n) is 9.39. The fraction of sp³-hybridized carbons (Fsp3) is 0.481. The Hall–Kier alpha value is -1.59. The standard InChI is InChI=1S/C27H37Cl3N4/c1-5-12-34(17-18(2)19(3)31)22-10-13-33(14-11-22)23-7-9-25(29)27(16-23)32-20(4)24-8-6-21(28)15-26(24)30/h6-9,15-16,18,20,22,32H,3,5,10-14,17,31H2,1-2,4H3/t18?,20-/m1/s1. The van der Waals surface area contributed by atoms with Gasteiger partial charge in [0.2, 0.25) is 0 Å². The molecule has 3 N–H and O–H groups in total. The highest BCUT2D eigenvalue weighted by Gasteiger charge is 2.26. The predicted molar refractivity (Wildman–Crippen MR) is 150 cm³/mol. The minimum Gasteiger partial charge on any atom is -0.402 e. The zero-order chi connectivity index (χ0) is 24.8. The van der Waals surface area contributed by atoms with E-state index in [4.69, 9.17) is 40.5 Å². The largest absolute Gasteiger partial charge is 0.402 e. The lowest BCUT2D eigenvalue weighted by Gasteiger charge is -2.40. The van der Waals surface area contributed by atoms with Crippen molar-refractivity contribution in [2.75, 3.05) is 36.4 Å². The van der Waals surface area contributed by atoms with Crippen LogP contribution in [0.3, 0.4) is 0 Å². The summed E-state index contributed by atoms with van der Waals surface area (Å²) in [6.45, 7) is 14.5. The van der Waals surface area contributed by atoms with Crippen molar-refractivity contribution in [1.82, 2.24) is 4.90 Å². The van der Waals surface area contributed by atoms with Gasteiger partial charge < -0.3 is 16.0 Å². The predicted octanol–water partition coefficient (Wildman–Crippen LogP) is 7.61. The van der Waals surface area contributed by atoms with Crippen molar-refractivity contribution < 1.29 is 0 Å². The molecule has 0 spiro atoms. The van der Waals surface area contributed by atoms with Crippen LogP contribution in [-0.4, -0.2) is 37.1 Å². The zero-order valence-electron chi connectivity index (χ0n) is 20.5. The molecule has 186 valence electrons. The molecule has 1 aliphatic rings. The average Bonchev–Trinajstić information content (AvgIpc) is 2.80. The van der Waals surface area contributed by atoms with E-state index >= 15 is 0 Å². The Bertz CT molecular complexity index is 972. The third-order valence-electron chi connectivity index (χ3n) is 6.75. The molecule has 1 saturated heterocycles. The summed E-state index contributed by atoms with van der Waals surface area (Å²) in [5.41, 5.74) is 9.81. The highest BCUT2D eigenvalue weighted by Crippen LogP contribution is 2.34. The Balaban J connectivity index is 1.66. The van der Waals surface area contributed by atoms with E-state index in [1.54, 1.807) is 6.07 Å². The van der Waals surface area contributed by atoms with E-state index in [0.29, 0.717) is 27.0 Å². The third-order valence-corrected chi connectivity index (χ3v) is 7.64. The first kappa shape index (κ1) is 27.0. The van der Waals surface area contributed by atoms with Crippen LogP contribution in [0.2, 0.25) is 15.1 Å². The lowest BCUT2D eigenvalue weighted by Crippen LogP contribution is -2.47. The van der Waals surface area contributed by atoms with E-state index in [0.717, 1.165) is 62.4 Å². The summed E-state index contributed by atoms with van der Waals surface area (Å²) in [7, 11) is 0. The monoisotopic (exact) mass is 522 g/mol. The number of anilines is 2. The van der Waals surface area contributed by atoms with Crippen LogP contribution < -0.4 is 16.0 Å². The molecular formula is C27H37Cl3N4. The van der Waals surface area contributed by atoms with E-state index in [9.17, 15) is 0 Å². The fourth-order valence-corrected chi connectivity index (χ4v) is 5.40. The molecule has 1 heterocycles. The topological polar surface area (TPSA) is 44.5 Å². The molecule has 0 aliphatic carbocycles. The van der Waals surface area contributed by atoms with Crippen LogP contribution in [0.1, 0.15) is 51.6 Å². The van der Waals surface area contributed by atoms with Crippen LogP contribution in [0.4, 0.5) is 11.4 Å². The average molecular weight is 524 g/mol. The number of piperidine rings is 1. The molecule has 0 saturated carbocycles. The summed E-state index contributed by atoms with van der Waals surface area (Å²) in [5.74, 6) is 0.311. The summed E-state index contributed by atoms with van der Waals surface area (Å²) in [6.07, 6.45) is 3.41. The lowest BCUT2D eigenvalue weighted by molar-refractivity contribution is 0.154. The Morgan fingerprint density at radius 1 is 1.12 bits per heavy atom. The van der Waals surface area contributed by atoms with Gasteiger partial charge in [0.1, 0.15) is 0 Å². The third kappa shape index (κ3) is 6.97. The Morgan fingerprint density at radius 3 is 2.44 bits per heavy atom. The number of rotatable bonds is 10. The molecular weight excluding hydrogens is 487 g/mol. The maximum absolute atomic E-state index is 6.55. The highest BCUT2D eigenvalue weighted by molar-refractivity contribution is 6.35. The minimum atomic E-state index is -0.00913. The van der Waals surface area contributed by atoms with Gasteiger partial charge in [-0.05, 0) is 68.6 Å². The molecule has 3 rings (SSSR count). The molecule has 0 bridgehead atoms. The van der Waals surface area contributed by atoms with Crippen molar-refractivity contribution in [3.8, 4) is 0 Å². The molecule has 1 fully saturated rings. The maximum atomic E-state index is 6.55. The van der Waals surface area contributed by atoms with Crippen LogP contribution in [-0.2, 0) is 0 Å². The summed E-state index contributed by atoms with van der Waals surface area (Å²) >= 11 is 19.0. The van der Waals surface area contributed by atoms with Crippen molar-refractivity contribution in [3.05, 3.63) is 69.3 Å². The van der Waals surface area contributed by atoms with Gasteiger partial charge in [-0.25, -0.2) is 0 Å². The van der Waals surface area contributed by atoms with Gasteiger partial charge in [-0.2, -0.15) is 0 Å². The Kier molecular flexibility index (Phi) is 9.84. The summed E-state index contributed by atoms with van der Waals surface area (Å²) in [4.78, 5) is 5.06. The summed E-state index contributed by atoms with van der Waals surface area (Å²) < 4.78 is 0. The smallest absolute Gasteiger partial charge is 0.0639 e. The number of hydrogen-bond donors (Lipinski definition) is 2. The zero-order valence-corrected chi connectivity index (χ0v) is 22.7. The molecule has 2 aromatic rings. The quantitative estimate of drug-likeness (QED) is 0.336. The number of nitrogens with two attached hydrogens (primary N) is 1. The van der Waals surface area contributed by atoms with Gasteiger partial charge in [-0.15, -0.1) is 0 Å². The van der Waals surface area contributed by atoms with Crippen molar-refractivity contribution in [2.24, 2.45) is 11.7 Å². The van der Waals surface area contributed by atoms with Gasteiger partial charge in [-0.3, -0.25) is 4.90 Å². The molecule has 2 atom stereocenters. The summed E-state index contributed by atoms with van der Waals surface area (Å²) in [5, 5.41) is 5.50. The van der Waals surface area contributed by atoms with Gasteiger partial charge >= 0.3 is 0 Å². The Morgan fingerprint density at radius 2 is 1.82 bits per heavy atom. The van der Waals surface area contributed by atoms with E-state index in [1.807, 2.05) is 18.2 Å². The first-order valence-electron chi connectivity index (χ1n) is 12.1. The van der Waals surface area contributed by atoms with Gasteiger partial charge in [0.05, 0.1) is 16.8 Å². The molecule has 0 aromatic heterocycles. The van der Waals surface area contributed by atoms with Gasteiger partial charge in [0, 0.05) is 53.0 Å². The molecule has 34 heavy (non-hydrogen) atoms. The van der Waals surface area contributed by atoms with E-state index in [1.165, 1.54) is 5.69 Å². The number of nitrogens with one attached hydrogen (secondary N) is 1. The van der Waals surface area contributed by atoms with Crippen molar-refractivity contribution in [2.45, 2.75) is 52.1 Å². The number of hydrogen-bond acceptors (Lipinski definition) is 4. The van der Waals surface area contributed by atoms with E-state index in [-0.39, 0.29) is 6.04 Å². The molecule has 4 nitrogen and oxygen atoms in total. The first-order valence-corrected chi connectivity index (χ1v) is 13.3. The van der Waals surface area contributed by atoms with E-state index in [2.05, 4.69) is 54.6 Å². The SMILES string of the molecule is C=C(N)C(C)CN(CCC)C1CCN(c2ccc(Cl)c(N[C@H](C)c3ccc(Cl)cc3Cl)c2)CC1. The van der Waals surface area contributed by atoms with Crippen molar-refractivity contribution >= 4 is 46.2 Å². The molecule has 1 unspecified atom stereocenters. The first-order chi connectivity index (χ1) is 16.2. The molecule has 0 radical (unpaired) electrons. The number of halogens is 3. The van der Waals surface area contributed by atoms with Crippen LogP contribution in [0, 0.1) is 5.92 Å². The van der Waals surface area contributed by atoms with Gasteiger partial charge in [0.25, 0.3) is 0 Å². The van der Waals surface area contributed by atoms with Crippen molar-refractivity contribution in [1.29, 1.82) is 0 Å². The van der Waals surface area contributed by atoms with Crippen LogP contribution in [0.15, 0.2) is 48.7 Å². The highest BCUT2D eigenvalue weighted by atomic mass is 35.5. The van der Waals surface area contributed by atoms with Gasteiger partial charge in [-0.1, -0.05) is 61.3 Å².